The molecule has 0 spiro atoms. The fourth-order valence-corrected chi connectivity index (χ4v) is 7.23. The Morgan fingerprint density at radius 3 is 2.56 bits per heavy atom. The van der Waals surface area contributed by atoms with Gasteiger partial charge in [-0.05, 0) is 42.8 Å². The second kappa shape index (κ2) is 11.2. The first-order chi connectivity index (χ1) is 21.4. The van der Waals surface area contributed by atoms with Gasteiger partial charge < -0.3 is 5.32 Å². The van der Waals surface area contributed by atoms with Gasteiger partial charge >= 0.3 is 0 Å². The minimum atomic E-state index is -4.30. The van der Waals surface area contributed by atoms with E-state index in [0.29, 0.717) is 22.4 Å². The Morgan fingerprint density at radius 1 is 1.07 bits per heavy atom. The molecule has 5 aromatic rings. The van der Waals surface area contributed by atoms with Crippen molar-refractivity contribution in [1.82, 2.24) is 29.7 Å². The molecule has 0 radical (unpaired) electrons. The third-order valence-electron chi connectivity index (χ3n) is 6.77. The fraction of sp³-hybridized carbons (Fsp3) is 0.103. The maximum absolute atomic E-state index is 14.4. The first kappa shape index (κ1) is 29.6. The number of nitrogens with one attached hydrogen (secondary N) is 2. The summed E-state index contributed by atoms with van der Waals surface area (Å²) in [6.07, 6.45) is 7.87. The van der Waals surface area contributed by atoms with Gasteiger partial charge in [-0.15, -0.1) is 5.10 Å². The number of amides is 1. The molecule has 3 aromatic heterocycles. The smallest absolute Gasteiger partial charge is 0.297 e. The average molecular weight is 644 g/mol. The lowest BCUT2D eigenvalue weighted by Gasteiger charge is -2.34. The average Bonchev–Trinajstić information content (AvgIpc) is 3.57. The SMILES string of the molecule is C[C@H](NC(=O)c1c(NS(N)(=O)=O)nn2cccnc12)C1=Cc2cccc(C#Cc3cnn(C)c3)c2S(=O)(=O)N1c1ccccc1. The van der Waals surface area contributed by atoms with Gasteiger partial charge in [-0.2, -0.15) is 13.5 Å². The molecule has 228 valence electrons. The van der Waals surface area contributed by atoms with Crippen LogP contribution in [0, 0.1) is 11.8 Å². The van der Waals surface area contributed by atoms with Crippen molar-refractivity contribution in [2.75, 3.05) is 9.03 Å². The number of carbonyl (C=O) groups is 1. The molecule has 0 saturated heterocycles. The number of anilines is 2. The van der Waals surface area contributed by atoms with Crippen LogP contribution < -0.4 is 19.5 Å². The van der Waals surface area contributed by atoms with Gasteiger partial charge in [0, 0.05) is 31.2 Å². The predicted molar refractivity (Wildman–Crippen MR) is 166 cm³/mol. The number of hydrogen-bond acceptors (Lipinski definition) is 8. The highest BCUT2D eigenvalue weighted by molar-refractivity contribution is 7.93. The highest BCUT2D eigenvalue weighted by Crippen LogP contribution is 2.38. The quantitative estimate of drug-likeness (QED) is 0.234. The molecular weight excluding hydrogens is 619 g/mol. The van der Waals surface area contributed by atoms with Crippen LogP contribution in [0.5, 0.6) is 0 Å². The van der Waals surface area contributed by atoms with Crippen molar-refractivity contribution in [2.24, 2.45) is 12.2 Å². The van der Waals surface area contributed by atoms with Crippen LogP contribution in [0.4, 0.5) is 11.5 Å². The third-order valence-corrected chi connectivity index (χ3v) is 9.12. The van der Waals surface area contributed by atoms with Crippen LogP contribution in [-0.4, -0.2) is 53.2 Å². The third kappa shape index (κ3) is 5.74. The van der Waals surface area contributed by atoms with Gasteiger partial charge in [0.05, 0.1) is 29.2 Å². The molecule has 0 unspecified atom stereocenters. The minimum Gasteiger partial charge on any atom is -0.344 e. The molecule has 4 heterocycles. The highest BCUT2D eigenvalue weighted by atomic mass is 32.2. The normalized spacial score (nSPS) is 14.6. The molecule has 1 aliphatic heterocycles. The molecular formula is C29H25N9O5S2. The number of aromatic nitrogens is 5. The lowest BCUT2D eigenvalue weighted by Crippen LogP contribution is -2.44. The number of nitrogens with zero attached hydrogens (tertiary/aromatic N) is 6. The molecule has 16 heteroatoms. The molecule has 0 saturated carbocycles. The van der Waals surface area contributed by atoms with Crippen LogP contribution in [0.1, 0.15) is 34.0 Å². The number of carbonyl (C=O) groups excluding carboxylic acids is 1. The molecule has 1 aliphatic rings. The van der Waals surface area contributed by atoms with Crippen LogP contribution in [-0.2, 0) is 27.3 Å². The van der Waals surface area contributed by atoms with Crippen molar-refractivity contribution in [3.63, 3.8) is 0 Å². The summed E-state index contributed by atoms with van der Waals surface area (Å²) in [6, 6.07) is 14.0. The second-order valence-corrected chi connectivity index (χ2v) is 13.0. The number of nitrogens with two attached hydrogens (primary N) is 1. The first-order valence-corrected chi connectivity index (χ1v) is 16.3. The maximum atomic E-state index is 14.4. The van der Waals surface area contributed by atoms with Crippen molar-refractivity contribution in [1.29, 1.82) is 0 Å². The van der Waals surface area contributed by atoms with Gasteiger partial charge in [0.2, 0.25) is 0 Å². The van der Waals surface area contributed by atoms with E-state index in [2.05, 4.69) is 32.3 Å². The zero-order chi connectivity index (χ0) is 31.9. The van der Waals surface area contributed by atoms with E-state index in [1.165, 1.54) is 16.9 Å². The molecule has 0 fully saturated rings. The molecule has 1 atom stereocenters. The Balaban J connectivity index is 1.45. The Labute approximate surface area is 258 Å². The number of sulfonamides is 1. The van der Waals surface area contributed by atoms with E-state index >= 15 is 0 Å². The van der Waals surface area contributed by atoms with Crippen molar-refractivity contribution >= 4 is 49.4 Å². The van der Waals surface area contributed by atoms with Gasteiger partial charge in [0.25, 0.3) is 26.1 Å². The van der Waals surface area contributed by atoms with E-state index in [-0.39, 0.29) is 27.6 Å². The van der Waals surface area contributed by atoms with Crippen LogP contribution in [0.25, 0.3) is 11.7 Å². The summed E-state index contributed by atoms with van der Waals surface area (Å²) < 4.78 is 58.6. The maximum Gasteiger partial charge on any atom is 0.297 e. The number of fused-ring (bicyclic) bond motifs is 2. The lowest BCUT2D eigenvalue weighted by atomic mass is 10.1. The summed E-state index contributed by atoms with van der Waals surface area (Å²) >= 11 is 0. The van der Waals surface area contributed by atoms with Gasteiger partial charge in [0.15, 0.2) is 11.5 Å². The minimum absolute atomic E-state index is 0.0130. The highest BCUT2D eigenvalue weighted by Gasteiger charge is 2.38. The molecule has 1 amide bonds. The first-order valence-electron chi connectivity index (χ1n) is 13.3. The molecule has 4 N–H and O–H groups in total. The van der Waals surface area contributed by atoms with E-state index in [1.807, 2.05) is 4.72 Å². The molecule has 0 aliphatic carbocycles. The van der Waals surface area contributed by atoms with Crippen molar-refractivity contribution in [3.8, 4) is 11.8 Å². The Bertz CT molecular complexity index is 2280. The van der Waals surface area contributed by atoms with Crippen LogP contribution in [0.2, 0.25) is 0 Å². The Hall–Kier alpha value is -5.50. The lowest BCUT2D eigenvalue weighted by molar-refractivity contribution is 0.0947. The molecule has 6 rings (SSSR count). The fourth-order valence-electron chi connectivity index (χ4n) is 4.93. The number of rotatable bonds is 6. The largest absolute Gasteiger partial charge is 0.344 e. The second-order valence-electron chi connectivity index (χ2n) is 10.0. The van der Waals surface area contributed by atoms with E-state index in [1.54, 1.807) is 91.7 Å². The summed E-state index contributed by atoms with van der Waals surface area (Å²) in [4.78, 5) is 17.9. The topological polar surface area (TPSA) is 187 Å². The van der Waals surface area contributed by atoms with Gasteiger partial charge in [-0.3, -0.25) is 14.2 Å². The summed E-state index contributed by atoms with van der Waals surface area (Å²) in [7, 11) is -6.80. The summed E-state index contributed by atoms with van der Waals surface area (Å²) in [6.45, 7) is 1.61. The molecule has 2 aromatic carbocycles. The predicted octanol–water partition coefficient (Wildman–Crippen LogP) is 1.85. The molecule has 0 bridgehead atoms. The Kier molecular flexibility index (Phi) is 7.36. The van der Waals surface area contributed by atoms with E-state index in [0.717, 1.165) is 4.31 Å². The van der Waals surface area contributed by atoms with Gasteiger partial charge in [-0.25, -0.2) is 27.4 Å². The molecule has 45 heavy (non-hydrogen) atoms. The zero-order valence-electron chi connectivity index (χ0n) is 23.8. The Morgan fingerprint density at radius 2 is 1.84 bits per heavy atom. The summed E-state index contributed by atoms with van der Waals surface area (Å²) in [5, 5.41) is 16.1. The van der Waals surface area contributed by atoms with Crippen molar-refractivity contribution in [2.45, 2.75) is 17.9 Å². The van der Waals surface area contributed by atoms with Crippen LogP contribution in [0.15, 0.2) is 90.0 Å². The standard InChI is InChI=1S/C29H25N9O5S2/c1-19(33-29(39)25-27(35-45(30,42)43)34-37-15-7-14-31-28(25)37)24-16-22-9-6-8-21(13-12-20-17-32-36(2)18-20)26(22)44(40,41)38(24)23-10-4-3-5-11-23/h3-11,14-19H,1-2H3,(H,33,39)(H,34,35)(H2,30,42,43)/t19-/m0/s1. The van der Waals surface area contributed by atoms with Crippen molar-refractivity contribution < 1.29 is 21.6 Å². The van der Waals surface area contributed by atoms with E-state index in [4.69, 9.17) is 5.14 Å². The van der Waals surface area contributed by atoms with Gasteiger partial charge in [0.1, 0.15) is 10.5 Å². The zero-order valence-corrected chi connectivity index (χ0v) is 25.4. The summed E-state index contributed by atoms with van der Waals surface area (Å²) in [5.41, 5.74) is 1.71. The van der Waals surface area contributed by atoms with Crippen LogP contribution in [0.3, 0.4) is 0 Å². The molecule has 14 nitrogen and oxygen atoms in total. The van der Waals surface area contributed by atoms with E-state index in [9.17, 15) is 21.6 Å². The van der Waals surface area contributed by atoms with E-state index < -0.39 is 32.2 Å². The van der Waals surface area contributed by atoms with Crippen molar-refractivity contribution in [3.05, 3.63) is 107 Å². The summed E-state index contributed by atoms with van der Waals surface area (Å²) in [5.74, 6) is 4.84. The number of para-hydroxylation sites is 1. The number of aryl methyl sites for hydroxylation is 1. The number of hydrogen-bond donors (Lipinski definition) is 3. The van der Waals surface area contributed by atoms with Gasteiger partial charge in [-0.1, -0.05) is 42.2 Å². The monoisotopic (exact) mass is 643 g/mol. The number of benzene rings is 2. The van der Waals surface area contributed by atoms with Crippen LogP contribution >= 0.6 is 0 Å².